The van der Waals surface area contributed by atoms with Gasteiger partial charge in [0.25, 0.3) is 0 Å². The molecule has 5 nitrogen and oxygen atoms in total. The second kappa shape index (κ2) is 4.59. The lowest BCUT2D eigenvalue weighted by molar-refractivity contribution is 0.296. The van der Waals surface area contributed by atoms with Crippen LogP contribution in [0.3, 0.4) is 0 Å². The third-order valence-corrected chi connectivity index (χ3v) is 3.69. The number of hydrogen-bond acceptors (Lipinski definition) is 4. The molecule has 0 saturated heterocycles. The van der Waals surface area contributed by atoms with Gasteiger partial charge in [0.05, 0.1) is 18.5 Å². The predicted octanol–water partition coefficient (Wildman–Crippen LogP) is 0.513. The van der Waals surface area contributed by atoms with Gasteiger partial charge in [0.15, 0.2) is 0 Å². The molecule has 1 aromatic rings. The summed E-state index contributed by atoms with van der Waals surface area (Å²) >= 11 is 0. The van der Waals surface area contributed by atoms with Gasteiger partial charge in [-0.2, -0.15) is 0 Å². The molecule has 1 aromatic heterocycles. The molecule has 0 amide bonds. The van der Waals surface area contributed by atoms with Crippen LogP contribution in [0.15, 0.2) is 18.3 Å². The Morgan fingerprint density at radius 1 is 1.53 bits per heavy atom. The lowest BCUT2D eigenvalue weighted by atomic mass is 10.4. The van der Waals surface area contributed by atoms with Crippen LogP contribution in [0, 0.1) is 6.92 Å². The number of rotatable bonds is 4. The molecule has 0 aliphatic rings. The molecule has 0 aromatic carbocycles. The summed E-state index contributed by atoms with van der Waals surface area (Å²) in [5.41, 5.74) is 1.22. The highest BCUT2D eigenvalue weighted by molar-refractivity contribution is 7.93. The fourth-order valence-corrected chi connectivity index (χ4v) is 1.74. The number of aryl methyl sites for hydroxylation is 1. The molecule has 2 N–H and O–H groups in total. The van der Waals surface area contributed by atoms with Gasteiger partial charge in [-0.05, 0) is 26.0 Å². The number of pyridine rings is 1. The predicted molar refractivity (Wildman–Crippen MR) is 58.1 cm³/mol. The van der Waals surface area contributed by atoms with E-state index in [4.69, 9.17) is 5.11 Å². The molecule has 0 radical (unpaired) electrons. The van der Waals surface area contributed by atoms with E-state index in [1.54, 1.807) is 12.1 Å². The Morgan fingerprint density at radius 2 is 2.20 bits per heavy atom. The number of sulfonamides is 1. The van der Waals surface area contributed by atoms with Crippen molar-refractivity contribution in [1.82, 2.24) is 4.98 Å². The molecule has 0 saturated carbocycles. The average Bonchev–Trinajstić information content (AvgIpc) is 2.20. The zero-order valence-electron chi connectivity index (χ0n) is 8.64. The van der Waals surface area contributed by atoms with Crippen molar-refractivity contribution >= 4 is 15.7 Å². The summed E-state index contributed by atoms with van der Waals surface area (Å²) < 4.78 is 25.4. The minimum atomic E-state index is -3.52. The van der Waals surface area contributed by atoms with Crippen LogP contribution in [-0.2, 0) is 10.0 Å². The SMILES string of the molecule is Cc1ccc(NS(=O)(=O)C(C)CO)cn1. The molecule has 6 heteroatoms. The third kappa shape index (κ3) is 3.17. The minimum absolute atomic E-state index is 0.404. The van der Waals surface area contributed by atoms with Gasteiger partial charge in [-0.25, -0.2) is 8.42 Å². The maximum Gasteiger partial charge on any atom is 0.237 e. The molecule has 1 unspecified atom stereocenters. The molecule has 0 aliphatic heterocycles. The number of aromatic nitrogens is 1. The summed E-state index contributed by atoms with van der Waals surface area (Å²) in [6.45, 7) is 2.84. The Hall–Kier alpha value is -1.14. The van der Waals surface area contributed by atoms with Crippen molar-refractivity contribution in [1.29, 1.82) is 0 Å². The molecule has 0 aliphatic carbocycles. The van der Waals surface area contributed by atoms with Gasteiger partial charge in [-0.1, -0.05) is 0 Å². The normalized spacial score (nSPS) is 13.5. The molecule has 84 valence electrons. The maximum absolute atomic E-state index is 11.5. The second-order valence-electron chi connectivity index (χ2n) is 3.33. The summed E-state index contributed by atoms with van der Waals surface area (Å²) in [6, 6.07) is 3.34. The van der Waals surface area contributed by atoms with E-state index in [-0.39, 0.29) is 0 Å². The van der Waals surface area contributed by atoms with Crippen LogP contribution < -0.4 is 4.72 Å². The smallest absolute Gasteiger partial charge is 0.237 e. The fraction of sp³-hybridized carbons (Fsp3) is 0.444. The van der Waals surface area contributed by atoms with Gasteiger partial charge in [-0.15, -0.1) is 0 Å². The van der Waals surface area contributed by atoms with Gasteiger partial charge < -0.3 is 5.11 Å². The van der Waals surface area contributed by atoms with Crippen molar-refractivity contribution in [3.63, 3.8) is 0 Å². The van der Waals surface area contributed by atoms with Gasteiger partial charge >= 0.3 is 0 Å². The number of aliphatic hydroxyl groups excluding tert-OH is 1. The monoisotopic (exact) mass is 230 g/mol. The van der Waals surface area contributed by atoms with Crippen LogP contribution in [0.2, 0.25) is 0 Å². The zero-order valence-corrected chi connectivity index (χ0v) is 9.45. The molecular formula is C9H14N2O3S. The quantitative estimate of drug-likeness (QED) is 0.790. The molecule has 1 heterocycles. The van der Waals surface area contributed by atoms with Crippen molar-refractivity contribution < 1.29 is 13.5 Å². The van der Waals surface area contributed by atoms with Crippen LogP contribution >= 0.6 is 0 Å². The van der Waals surface area contributed by atoms with Crippen LogP contribution in [-0.4, -0.2) is 30.4 Å². The average molecular weight is 230 g/mol. The largest absolute Gasteiger partial charge is 0.395 e. The molecule has 0 fully saturated rings. The van der Waals surface area contributed by atoms with Gasteiger partial charge in [0, 0.05) is 5.69 Å². The molecule has 0 spiro atoms. The summed E-state index contributed by atoms with van der Waals surface area (Å²) in [6.07, 6.45) is 1.44. The Balaban J connectivity index is 2.82. The number of anilines is 1. The van der Waals surface area contributed by atoms with E-state index in [0.717, 1.165) is 5.69 Å². The van der Waals surface area contributed by atoms with Crippen LogP contribution in [0.4, 0.5) is 5.69 Å². The minimum Gasteiger partial charge on any atom is -0.395 e. The van der Waals surface area contributed by atoms with E-state index >= 15 is 0 Å². The number of aliphatic hydroxyl groups is 1. The van der Waals surface area contributed by atoms with Gasteiger partial charge in [0.2, 0.25) is 10.0 Å². The highest BCUT2D eigenvalue weighted by atomic mass is 32.2. The van der Waals surface area contributed by atoms with E-state index in [0.29, 0.717) is 5.69 Å². The van der Waals surface area contributed by atoms with Crippen LogP contribution in [0.1, 0.15) is 12.6 Å². The number of hydrogen-bond donors (Lipinski definition) is 2. The molecule has 0 bridgehead atoms. The Morgan fingerprint density at radius 3 is 2.67 bits per heavy atom. The highest BCUT2D eigenvalue weighted by Crippen LogP contribution is 2.10. The molecule has 1 atom stereocenters. The zero-order chi connectivity index (χ0) is 11.5. The van der Waals surface area contributed by atoms with Gasteiger partial charge in [-0.3, -0.25) is 9.71 Å². The van der Waals surface area contributed by atoms with Crippen molar-refractivity contribution in [2.45, 2.75) is 19.1 Å². The summed E-state index contributed by atoms with van der Waals surface area (Å²) in [7, 11) is -3.52. The number of nitrogens with one attached hydrogen (secondary N) is 1. The first-order valence-corrected chi connectivity index (χ1v) is 6.05. The Labute approximate surface area is 89.2 Å². The van der Waals surface area contributed by atoms with E-state index < -0.39 is 21.9 Å². The maximum atomic E-state index is 11.5. The first-order valence-electron chi connectivity index (χ1n) is 4.51. The Bertz CT molecular complexity index is 413. The van der Waals surface area contributed by atoms with Crippen molar-refractivity contribution in [3.8, 4) is 0 Å². The standard InChI is InChI=1S/C9H14N2O3S/c1-7-3-4-9(5-10-7)11-15(13,14)8(2)6-12/h3-5,8,11-12H,6H2,1-2H3. The van der Waals surface area contributed by atoms with Crippen molar-refractivity contribution in [2.24, 2.45) is 0 Å². The summed E-state index contributed by atoms with van der Waals surface area (Å²) in [4.78, 5) is 3.96. The van der Waals surface area contributed by atoms with Crippen molar-refractivity contribution in [2.75, 3.05) is 11.3 Å². The van der Waals surface area contributed by atoms with E-state index in [1.165, 1.54) is 13.1 Å². The Kier molecular flexibility index (Phi) is 3.65. The molecule has 1 rings (SSSR count). The third-order valence-electron chi connectivity index (χ3n) is 1.96. The van der Waals surface area contributed by atoms with Gasteiger partial charge in [0.1, 0.15) is 5.25 Å². The van der Waals surface area contributed by atoms with Crippen LogP contribution in [0.5, 0.6) is 0 Å². The summed E-state index contributed by atoms with van der Waals surface area (Å²) in [5, 5.41) is 7.92. The van der Waals surface area contributed by atoms with E-state index in [9.17, 15) is 8.42 Å². The first-order chi connectivity index (χ1) is 6.95. The molecule has 15 heavy (non-hydrogen) atoms. The fourth-order valence-electron chi connectivity index (χ4n) is 0.891. The first kappa shape index (κ1) is 11.9. The second-order valence-corrected chi connectivity index (χ2v) is 5.43. The van der Waals surface area contributed by atoms with E-state index in [1.807, 2.05) is 6.92 Å². The lowest BCUT2D eigenvalue weighted by Crippen LogP contribution is -2.28. The van der Waals surface area contributed by atoms with Crippen molar-refractivity contribution in [3.05, 3.63) is 24.0 Å². The van der Waals surface area contributed by atoms with Crippen LogP contribution in [0.25, 0.3) is 0 Å². The lowest BCUT2D eigenvalue weighted by Gasteiger charge is -2.11. The summed E-state index contributed by atoms with van der Waals surface area (Å²) in [5.74, 6) is 0. The topological polar surface area (TPSA) is 79.3 Å². The number of nitrogens with zero attached hydrogens (tertiary/aromatic N) is 1. The van der Waals surface area contributed by atoms with E-state index in [2.05, 4.69) is 9.71 Å². The highest BCUT2D eigenvalue weighted by Gasteiger charge is 2.19. The molecular weight excluding hydrogens is 216 g/mol.